The van der Waals surface area contributed by atoms with Crippen molar-refractivity contribution >= 4 is 11.6 Å². The first-order valence-corrected chi connectivity index (χ1v) is 6.25. The van der Waals surface area contributed by atoms with Crippen molar-refractivity contribution in [1.82, 2.24) is 5.32 Å². The van der Waals surface area contributed by atoms with Crippen LogP contribution in [0.25, 0.3) is 0 Å². The molecule has 0 heterocycles. The van der Waals surface area contributed by atoms with Crippen LogP contribution in [0.1, 0.15) is 13.3 Å². The third kappa shape index (κ3) is 5.39. The second-order valence-electron chi connectivity index (χ2n) is 3.85. The number of hydrogen-bond donors (Lipinski definition) is 1. The van der Waals surface area contributed by atoms with Crippen molar-refractivity contribution < 1.29 is 9.47 Å². The molecule has 0 aliphatic heterocycles. The summed E-state index contributed by atoms with van der Waals surface area (Å²) in [6.07, 6.45) is 1.09. The summed E-state index contributed by atoms with van der Waals surface area (Å²) in [7, 11) is 1.69. The normalized spacial score (nSPS) is 12.4. The molecule has 0 aliphatic rings. The lowest BCUT2D eigenvalue weighted by atomic mass is 10.3. The minimum atomic E-state index is 0.191. The molecule has 4 heteroatoms. The average Bonchev–Trinajstić information content (AvgIpc) is 2.34. The summed E-state index contributed by atoms with van der Waals surface area (Å²) in [5.74, 6) is 0.716. The predicted octanol–water partition coefficient (Wildman–Crippen LogP) is 2.73. The standard InChI is InChI=1S/C13H20ClNO2/c1-3-8-15-11(9-16-2)10-17-13-7-5-4-6-12(13)14/h4-7,11,15H,3,8-10H2,1-2H3. The molecule has 1 aromatic carbocycles. The molecule has 0 saturated heterocycles. The Morgan fingerprint density at radius 2 is 2.06 bits per heavy atom. The van der Waals surface area contributed by atoms with E-state index in [0.29, 0.717) is 24.0 Å². The van der Waals surface area contributed by atoms with E-state index >= 15 is 0 Å². The SMILES string of the molecule is CCCNC(COC)COc1ccccc1Cl. The third-order valence-corrected chi connectivity index (χ3v) is 2.64. The topological polar surface area (TPSA) is 30.5 Å². The molecule has 1 N–H and O–H groups in total. The van der Waals surface area contributed by atoms with Crippen molar-refractivity contribution in [3.8, 4) is 5.75 Å². The largest absolute Gasteiger partial charge is 0.490 e. The molecule has 1 rings (SSSR count). The van der Waals surface area contributed by atoms with Gasteiger partial charge in [0.1, 0.15) is 12.4 Å². The lowest BCUT2D eigenvalue weighted by Gasteiger charge is -2.18. The van der Waals surface area contributed by atoms with E-state index in [1.54, 1.807) is 7.11 Å². The van der Waals surface area contributed by atoms with E-state index in [1.807, 2.05) is 24.3 Å². The first-order valence-electron chi connectivity index (χ1n) is 5.87. The molecule has 0 aliphatic carbocycles. The highest BCUT2D eigenvalue weighted by Crippen LogP contribution is 2.23. The smallest absolute Gasteiger partial charge is 0.137 e. The number of hydrogen-bond acceptors (Lipinski definition) is 3. The van der Waals surface area contributed by atoms with Gasteiger partial charge in [-0.25, -0.2) is 0 Å². The number of nitrogens with one attached hydrogen (secondary N) is 1. The predicted molar refractivity (Wildman–Crippen MR) is 70.9 cm³/mol. The van der Waals surface area contributed by atoms with E-state index in [0.717, 1.165) is 13.0 Å². The van der Waals surface area contributed by atoms with Crippen molar-refractivity contribution in [3.05, 3.63) is 29.3 Å². The molecule has 0 aromatic heterocycles. The lowest BCUT2D eigenvalue weighted by molar-refractivity contribution is 0.136. The fraction of sp³-hybridized carbons (Fsp3) is 0.538. The Morgan fingerprint density at radius 3 is 2.71 bits per heavy atom. The molecular formula is C13H20ClNO2. The minimum absolute atomic E-state index is 0.191. The maximum absolute atomic E-state index is 6.01. The maximum atomic E-state index is 6.01. The van der Waals surface area contributed by atoms with Crippen LogP contribution in [-0.4, -0.2) is 32.9 Å². The summed E-state index contributed by atoms with van der Waals surface area (Å²) in [6.45, 7) is 4.27. The van der Waals surface area contributed by atoms with E-state index < -0.39 is 0 Å². The highest BCUT2D eigenvalue weighted by molar-refractivity contribution is 6.32. The Labute approximate surface area is 108 Å². The molecule has 1 unspecified atom stereocenters. The zero-order chi connectivity index (χ0) is 12.5. The summed E-state index contributed by atoms with van der Waals surface area (Å²) in [5.41, 5.74) is 0. The Hall–Kier alpha value is -0.770. The van der Waals surface area contributed by atoms with Crippen LogP contribution in [0, 0.1) is 0 Å². The Balaban J connectivity index is 2.42. The van der Waals surface area contributed by atoms with Gasteiger partial charge in [0, 0.05) is 7.11 Å². The first kappa shape index (κ1) is 14.3. The fourth-order valence-corrected chi connectivity index (χ4v) is 1.66. The van der Waals surface area contributed by atoms with Crippen LogP contribution in [0.3, 0.4) is 0 Å². The van der Waals surface area contributed by atoms with Crippen LogP contribution < -0.4 is 10.1 Å². The molecule has 0 spiro atoms. The van der Waals surface area contributed by atoms with Gasteiger partial charge >= 0.3 is 0 Å². The maximum Gasteiger partial charge on any atom is 0.137 e. The van der Waals surface area contributed by atoms with Crippen molar-refractivity contribution in [2.24, 2.45) is 0 Å². The minimum Gasteiger partial charge on any atom is -0.490 e. The molecule has 0 bridgehead atoms. The van der Waals surface area contributed by atoms with Crippen LogP contribution in [-0.2, 0) is 4.74 Å². The van der Waals surface area contributed by atoms with E-state index in [2.05, 4.69) is 12.2 Å². The van der Waals surface area contributed by atoms with Crippen molar-refractivity contribution in [1.29, 1.82) is 0 Å². The molecule has 1 aromatic rings. The Bertz CT molecular complexity index is 320. The van der Waals surface area contributed by atoms with E-state index in [4.69, 9.17) is 21.1 Å². The van der Waals surface area contributed by atoms with Gasteiger partial charge in [0.2, 0.25) is 0 Å². The molecule has 0 saturated carbocycles. The zero-order valence-corrected chi connectivity index (χ0v) is 11.2. The number of benzene rings is 1. The highest BCUT2D eigenvalue weighted by atomic mass is 35.5. The summed E-state index contributed by atoms with van der Waals surface area (Å²) in [6, 6.07) is 7.67. The molecule has 0 radical (unpaired) electrons. The monoisotopic (exact) mass is 257 g/mol. The van der Waals surface area contributed by atoms with Gasteiger partial charge in [-0.15, -0.1) is 0 Å². The molecule has 0 amide bonds. The molecule has 0 fully saturated rings. The highest BCUT2D eigenvalue weighted by Gasteiger charge is 2.09. The summed E-state index contributed by atoms with van der Waals surface area (Å²) < 4.78 is 10.8. The van der Waals surface area contributed by atoms with Crippen molar-refractivity contribution in [2.45, 2.75) is 19.4 Å². The second-order valence-corrected chi connectivity index (χ2v) is 4.26. The Morgan fingerprint density at radius 1 is 1.29 bits per heavy atom. The quantitative estimate of drug-likeness (QED) is 0.777. The van der Waals surface area contributed by atoms with E-state index in [-0.39, 0.29) is 6.04 Å². The van der Waals surface area contributed by atoms with E-state index in [9.17, 15) is 0 Å². The lowest BCUT2D eigenvalue weighted by Crippen LogP contribution is -2.38. The van der Waals surface area contributed by atoms with Crippen LogP contribution in [0.5, 0.6) is 5.75 Å². The van der Waals surface area contributed by atoms with Gasteiger partial charge < -0.3 is 14.8 Å². The molecular weight excluding hydrogens is 238 g/mol. The zero-order valence-electron chi connectivity index (χ0n) is 10.4. The number of rotatable bonds is 8. The number of ether oxygens (including phenoxy) is 2. The molecule has 17 heavy (non-hydrogen) atoms. The van der Waals surface area contributed by atoms with Gasteiger partial charge in [0.15, 0.2) is 0 Å². The average molecular weight is 258 g/mol. The van der Waals surface area contributed by atoms with Crippen molar-refractivity contribution in [3.63, 3.8) is 0 Å². The van der Waals surface area contributed by atoms with Crippen molar-refractivity contribution in [2.75, 3.05) is 26.9 Å². The van der Waals surface area contributed by atoms with Crippen LogP contribution in [0.4, 0.5) is 0 Å². The summed E-state index contributed by atoms with van der Waals surface area (Å²) in [5, 5.41) is 4.01. The van der Waals surface area contributed by atoms with Gasteiger partial charge in [0.05, 0.1) is 17.7 Å². The molecule has 96 valence electrons. The van der Waals surface area contributed by atoms with Crippen LogP contribution >= 0.6 is 11.6 Å². The molecule has 1 atom stereocenters. The van der Waals surface area contributed by atoms with Gasteiger partial charge in [-0.2, -0.15) is 0 Å². The van der Waals surface area contributed by atoms with Gasteiger partial charge in [-0.05, 0) is 25.1 Å². The van der Waals surface area contributed by atoms with Crippen LogP contribution in [0.15, 0.2) is 24.3 Å². The van der Waals surface area contributed by atoms with E-state index in [1.165, 1.54) is 0 Å². The van der Waals surface area contributed by atoms with Gasteiger partial charge in [-0.3, -0.25) is 0 Å². The van der Waals surface area contributed by atoms with Gasteiger partial charge in [0.25, 0.3) is 0 Å². The first-order chi connectivity index (χ1) is 8.27. The third-order valence-electron chi connectivity index (χ3n) is 2.33. The van der Waals surface area contributed by atoms with Crippen LogP contribution in [0.2, 0.25) is 5.02 Å². The number of para-hydroxylation sites is 1. The van der Waals surface area contributed by atoms with Gasteiger partial charge in [-0.1, -0.05) is 30.7 Å². The Kier molecular flexibility index (Phi) is 7.01. The summed E-state index contributed by atoms with van der Waals surface area (Å²) >= 11 is 6.01. The fourth-order valence-electron chi connectivity index (χ4n) is 1.47. The summed E-state index contributed by atoms with van der Waals surface area (Å²) in [4.78, 5) is 0. The molecule has 3 nitrogen and oxygen atoms in total. The number of halogens is 1. The second kappa shape index (κ2) is 8.34. The number of methoxy groups -OCH3 is 1.